The van der Waals surface area contributed by atoms with E-state index in [4.69, 9.17) is 4.11 Å². The lowest BCUT2D eigenvalue weighted by atomic mass is 9.35. The summed E-state index contributed by atoms with van der Waals surface area (Å²) in [5.41, 5.74) is 18.1. The molecule has 2 fully saturated rings. The molecule has 1 aromatic heterocycles. The van der Waals surface area contributed by atoms with E-state index in [1.807, 2.05) is 11.3 Å². The zero-order chi connectivity index (χ0) is 54.1. The highest BCUT2D eigenvalue weighted by molar-refractivity contribution is 7.33. The van der Waals surface area contributed by atoms with Gasteiger partial charge < -0.3 is 9.80 Å². The van der Waals surface area contributed by atoms with E-state index >= 15 is 0 Å². The van der Waals surface area contributed by atoms with E-state index in [9.17, 15) is 2.74 Å². The fourth-order valence-electron chi connectivity index (χ4n) is 15.5. The first kappa shape index (κ1) is 40.9. The molecule has 0 radical (unpaired) electrons. The molecule has 2 nitrogen and oxygen atoms in total. The van der Waals surface area contributed by atoms with E-state index in [-0.39, 0.29) is 86.3 Å². The molecule has 5 aromatic rings. The second-order valence-corrected chi connectivity index (χ2v) is 29.3. The van der Waals surface area contributed by atoms with Gasteiger partial charge in [-0.1, -0.05) is 151 Å². The van der Waals surface area contributed by atoms with Gasteiger partial charge >= 0.3 is 0 Å². The van der Waals surface area contributed by atoms with Gasteiger partial charge in [-0.15, -0.1) is 11.3 Å². The molecule has 3 unspecified atom stereocenters. The molecule has 4 heteroatoms. The highest BCUT2D eigenvalue weighted by Crippen LogP contribution is 2.61. The Bertz CT molecular complexity index is 3520. The van der Waals surface area contributed by atoms with E-state index in [0.717, 1.165) is 42.8 Å². The predicted molar refractivity (Wildman–Crippen MR) is 307 cm³/mol. The molecule has 14 rings (SSSR count). The summed E-state index contributed by atoms with van der Waals surface area (Å²) < 4.78 is 48.9. The van der Waals surface area contributed by atoms with Crippen LogP contribution in [0.3, 0.4) is 0 Å². The smallest absolute Gasteiger partial charge is 0.264 e. The van der Waals surface area contributed by atoms with Crippen LogP contribution in [0.2, 0.25) is 0 Å². The van der Waals surface area contributed by atoms with Crippen LogP contribution in [-0.2, 0) is 21.7 Å². The molecule has 0 spiro atoms. The highest BCUT2D eigenvalue weighted by Gasteiger charge is 2.53. The first-order valence-electron chi connectivity index (χ1n) is 29.9. The number of nitrogens with zero attached hydrogens (tertiary/aromatic N) is 2. The Balaban J connectivity index is 1.18. The van der Waals surface area contributed by atoms with Crippen LogP contribution in [0.25, 0.3) is 21.2 Å². The van der Waals surface area contributed by atoms with E-state index in [2.05, 4.69) is 174 Å². The molecule has 3 atom stereocenters. The highest BCUT2D eigenvalue weighted by atomic mass is 32.1. The van der Waals surface area contributed by atoms with Crippen molar-refractivity contribution in [3.63, 3.8) is 0 Å². The van der Waals surface area contributed by atoms with Crippen molar-refractivity contribution >= 4 is 61.1 Å². The van der Waals surface area contributed by atoms with Gasteiger partial charge in [-0.25, -0.2) is 0 Å². The summed E-state index contributed by atoms with van der Waals surface area (Å²) in [5, 5.41) is 1.31. The van der Waals surface area contributed by atoms with Gasteiger partial charge in [0.1, 0.15) is 0 Å². The van der Waals surface area contributed by atoms with Crippen LogP contribution >= 0.6 is 11.3 Å². The summed E-state index contributed by atoms with van der Waals surface area (Å²) in [4.78, 5) is 5.23. The molecule has 3 heterocycles. The Labute approximate surface area is 438 Å². The lowest BCUT2D eigenvalue weighted by molar-refractivity contribution is 0.0327. The summed E-state index contributed by atoms with van der Waals surface area (Å²) in [6.45, 7) is 33.9. The van der Waals surface area contributed by atoms with Crippen molar-refractivity contribution in [2.24, 2.45) is 34.0 Å². The van der Waals surface area contributed by atoms with Crippen LogP contribution < -0.4 is 20.0 Å². The van der Waals surface area contributed by atoms with Gasteiger partial charge in [-0.05, 0) is 207 Å². The predicted octanol–water partition coefficient (Wildman–Crippen LogP) is 17.5. The summed E-state index contributed by atoms with van der Waals surface area (Å²) in [5.74, 6) is 0.960. The van der Waals surface area contributed by atoms with Crippen molar-refractivity contribution in [3.8, 4) is 11.1 Å². The van der Waals surface area contributed by atoms with E-state index in [1.165, 1.54) is 97.2 Å². The Morgan fingerprint density at radius 2 is 1.23 bits per heavy atom. The normalized spacial score (nSPS) is 30.0. The van der Waals surface area contributed by atoms with Gasteiger partial charge in [-0.3, -0.25) is 0 Å². The van der Waals surface area contributed by atoms with Crippen LogP contribution in [0.15, 0.2) is 114 Å². The van der Waals surface area contributed by atoms with E-state index < -0.39 is 0 Å². The second kappa shape index (κ2) is 14.8. The zero-order valence-electron chi connectivity index (χ0n) is 50.3. The van der Waals surface area contributed by atoms with Crippen molar-refractivity contribution in [2.45, 2.75) is 176 Å². The van der Waals surface area contributed by atoms with Crippen LogP contribution in [-0.4, -0.2) is 6.71 Å². The monoisotopic (exact) mass is 960 g/mol. The minimum absolute atomic E-state index is 0.00586. The number of hydrogen-bond donors (Lipinski definition) is 0. The van der Waals surface area contributed by atoms with Crippen molar-refractivity contribution in [2.75, 3.05) is 9.80 Å². The SMILES string of the molecule is [2H]c1c([2H])c([2H])c(-c2cc3c4c(c2)N(C2=CC5C(C=C2)C(C)(C)CCC5(C)C)c2c(sc5cc6c(cc25)C2(C)CCC6(C)CC2)B4C2=C(CC(C(C)(C)C)C=C2)N3c2cc3c(cc2C)C(C)(C)CCC3(C)C)c([2H])c1[2H]. The maximum absolute atomic E-state index is 9.62. The van der Waals surface area contributed by atoms with E-state index in [0.29, 0.717) is 17.4 Å². The minimum Gasteiger partial charge on any atom is -0.315 e. The third kappa shape index (κ3) is 6.63. The molecule has 2 bridgehead atoms. The van der Waals surface area contributed by atoms with E-state index in [1.54, 1.807) is 5.56 Å². The Morgan fingerprint density at radius 3 is 1.87 bits per heavy atom. The number of rotatable bonds is 3. The molecule has 4 aromatic carbocycles. The standard InChI is InChI=1S/C67H79BN2S/c1-40-32-47-49(65(11,12)27-26-63(47,7)8)38-53(40)70-54-35-43(61(2,3)4)20-23-52(54)68-58-55(33-42(34-56(58)70)41-18-16-15-17-19-41)69(44-21-22-46-48(36-44)64(9,10)25-24-62(46,5)6)59-45-37-50-51(39-57(45)71-60(59)68)67(14)30-28-66(50,13)29-31-67/h15-23,32-34,36-39,43,46,48H,24-31,35H2,1-14H3/i15D,16D,17D,18D,19D. The number of hydrogen-bond acceptors (Lipinski definition) is 3. The maximum Gasteiger partial charge on any atom is 0.264 e. The molecular weight excluding hydrogens is 876 g/mol. The van der Waals surface area contributed by atoms with Crippen LogP contribution in [0.1, 0.15) is 182 Å². The average molecular weight is 960 g/mol. The first-order valence-corrected chi connectivity index (χ1v) is 28.2. The van der Waals surface area contributed by atoms with Crippen molar-refractivity contribution in [1.29, 1.82) is 0 Å². The molecule has 9 aliphatic rings. The Kier molecular flexibility index (Phi) is 8.54. The molecule has 2 saturated carbocycles. The topological polar surface area (TPSA) is 6.48 Å². The first-order chi connectivity index (χ1) is 35.5. The Hall–Kier alpha value is -4.54. The maximum atomic E-state index is 9.62. The summed E-state index contributed by atoms with van der Waals surface area (Å²) in [6.07, 6.45) is 22.9. The number of benzene rings is 4. The number of allylic oxidation sites excluding steroid dienone is 7. The lowest BCUT2D eigenvalue weighted by Crippen LogP contribution is -2.56. The second-order valence-electron chi connectivity index (χ2n) is 28.2. The molecule has 0 amide bonds. The van der Waals surface area contributed by atoms with Crippen LogP contribution in [0.4, 0.5) is 22.7 Å². The molecule has 0 N–H and O–H groups in total. The summed E-state index contributed by atoms with van der Waals surface area (Å²) in [7, 11) is 0. The molecular formula is C67H79BN2S. The molecule has 71 heavy (non-hydrogen) atoms. The zero-order valence-corrected chi connectivity index (χ0v) is 46.1. The molecule has 0 saturated heterocycles. The number of fused-ring (bicyclic) bond motifs is 9. The van der Waals surface area contributed by atoms with Gasteiger partial charge in [0.2, 0.25) is 0 Å². The molecule has 7 aliphatic carbocycles. The number of aryl methyl sites for hydroxylation is 1. The number of thiophene rings is 1. The van der Waals surface area contributed by atoms with Gasteiger partial charge in [0, 0.05) is 43.3 Å². The molecule has 366 valence electrons. The largest absolute Gasteiger partial charge is 0.315 e. The van der Waals surface area contributed by atoms with Crippen molar-refractivity contribution in [1.82, 2.24) is 0 Å². The Morgan fingerprint density at radius 1 is 0.620 bits per heavy atom. The lowest BCUT2D eigenvalue weighted by Gasteiger charge is -2.53. The summed E-state index contributed by atoms with van der Waals surface area (Å²) >= 11 is 2.01. The van der Waals surface area contributed by atoms with Gasteiger partial charge in [-0.2, -0.15) is 0 Å². The fraction of sp³-hybridized carbons (Fsp3) is 0.493. The van der Waals surface area contributed by atoms with Crippen LogP contribution in [0, 0.1) is 40.9 Å². The van der Waals surface area contributed by atoms with Crippen molar-refractivity contribution in [3.05, 3.63) is 142 Å². The van der Waals surface area contributed by atoms with Crippen molar-refractivity contribution < 1.29 is 6.85 Å². The number of anilines is 4. The van der Waals surface area contributed by atoms with Crippen LogP contribution in [0.5, 0.6) is 0 Å². The quantitative estimate of drug-likeness (QED) is 0.166. The summed E-state index contributed by atoms with van der Waals surface area (Å²) in [6, 6.07) is 13.4. The van der Waals surface area contributed by atoms with Gasteiger partial charge in [0.05, 0.1) is 12.5 Å². The van der Waals surface area contributed by atoms with Gasteiger partial charge in [0.15, 0.2) is 0 Å². The third-order valence-corrected chi connectivity index (χ3v) is 22.0. The van der Waals surface area contributed by atoms with Gasteiger partial charge in [0.25, 0.3) is 6.71 Å². The minimum atomic E-state index is -0.368. The average Bonchev–Trinajstić information content (AvgIpc) is 3.93. The molecule has 2 aliphatic heterocycles. The fourth-order valence-corrected chi connectivity index (χ4v) is 16.9. The third-order valence-electron chi connectivity index (χ3n) is 20.8.